The van der Waals surface area contributed by atoms with Gasteiger partial charge in [0.25, 0.3) is 0 Å². The number of fused-ring (bicyclic) bond motifs is 1. The van der Waals surface area contributed by atoms with Crippen LogP contribution in [0.15, 0.2) is 18.3 Å². The Morgan fingerprint density at radius 1 is 1.29 bits per heavy atom. The Morgan fingerprint density at radius 3 is 2.62 bits per heavy atom. The maximum Gasteiger partial charge on any atom is 0.222 e. The third-order valence-corrected chi connectivity index (χ3v) is 4.38. The van der Waals surface area contributed by atoms with E-state index < -0.39 is 5.82 Å². The van der Waals surface area contributed by atoms with Crippen LogP contribution in [0.1, 0.15) is 31.1 Å². The molecule has 3 aromatic rings. The highest BCUT2D eigenvalue weighted by atomic mass is 35.5. The molecule has 1 aromatic carbocycles. The second-order valence-corrected chi connectivity index (χ2v) is 6.47. The number of hydrogen-bond acceptors (Lipinski definition) is 3. The average Bonchev–Trinajstić information content (AvgIpc) is 2.81. The van der Waals surface area contributed by atoms with Crippen LogP contribution in [0.3, 0.4) is 0 Å². The lowest BCUT2D eigenvalue weighted by atomic mass is 10.1. The molecule has 2 heterocycles. The standard InChI is InChI=1S/C17H13Cl2FN4/c1-8(2)24-9(3)11(6-21)15-13(20)4-10(5-14(15)24)16-12(18)7-22-17(19)23-16/h4-5,7-8H,1-3H3. The Bertz CT molecular complexity index is 1000. The zero-order chi connectivity index (χ0) is 17.6. The number of benzene rings is 1. The van der Waals surface area contributed by atoms with Gasteiger partial charge in [0.15, 0.2) is 0 Å². The molecule has 24 heavy (non-hydrogen) atoms. The first-order valence-corrected chi connectivity index (χ1v) is 8.03. The lowest BCUT2D eigenvalue weighted by Gasteiger charge is -2.13. The van der Waals surface area contributed by atoms with Gasteiger partial charge in [0.1, 0.15) is 11.9 Å². The third kappa shape index (κ3) is 2.52. The summed E-state index contributed by atoms with van der Waals surface area (Å²) in [7, 11) is 0. The molecule has 122 valence electrons. The van der Waals surface area contributed by atoms with Crippen LogP contribution in [0.4, 0.5) is 4.39 Å². The molecule has 0 unspecified atom stereocenters. The molecule has 4 nitrogen and oxygen atoms in total. The van der Waals surface area contributed by atoms with Crippen molar-refractivity contribution in [1.29, 1.82) is 5.26 Å². The molecule has 0 aliphatic heterocycles. The SMILES string of the molecule is Cc1c(C#N)c2c(F)cc(-c3nc(Cl)ncc3Cl)cc2n1C(C)C. The van der Waals surface area contributed by atoms with Crippen LogP contribution < -0.4 is 0 Å². The number of hydrogen-bond donors (Lipinski definition) is 0. The summed E-state index contributed by atoms with van der Waals surface area (Å²) in [6.45, 7) is 5.77. The fourth-order valence-electron chi connectivity index (χ4n) is 3.00. The lowest BCUT2D eigenvalue weighted by molar-refractivity contribution is 0.606. The molecule has 2 aromatic heterocycles. The van der Waals surface area contributed by atoms with Gasteiger partial charge in [0, 0.05) is 17.3 Å². The normalized spacial score (nSPS) is 11.2. The van der Waals surface area contributed by atoms with E-state index in [1.165, 1.54) is 12.3 Å². The first kappa shape index (κ1) is 16.7. The molecule has 0 atom stereocenters. The summed E-state index contributed by atoms with van der Waals surface area (Å²) >= 11 is 12.0. The predicted molar refractivity (Wildman–Crippen MR) is 92.8 cm³/mol. The van der Waals surface area contributed by atoms with E-state index >= 15 is 0 Å². The molecular weight excluding hydrogens is 350 g/mol. The molecule has 0 spiro atoms. The van der Waals surface area contributed by atoms with E-state index in [4.69, 9.17) is 23.2 Å². The highest BCUT2D eigenvalue weighted by Gasteiger charge is 2.21. The van der Waals surface area contributed by atoms with Crippen molar-refractivity contribution in [1.82, 2.24) is 14.5 Å². The van der Waals surface area contributed by atoms with Crippen LogP contribution in [0.5, 0.6) is 0 Å². The Morgan fingerprint density at radius 2 is 2.00 bits per heavy atom. The minimum Gasteiger partial charge on any atom is -0.341 e. The van der Waals surface area contributed by atoms with E-state index in [2.05, 4.69) is 16.0 Å². The first-order chi connectivity index (χ1) is 11.3. The van der Waals surface area contributed by atoms with E-state index in [-0.39, 0.29) is 16.3 Å². The van der Waals surface area contributed by atoms with Gasteiger partial charge in [0.2, 0.25) is 5.28 Å². The van der Waals surface area contributed by atoms with Gasteiger partial charge in [0.05, 0.1) is 33.4 Å². The zero-order valence-corrected chi connectivity index (χ0v) is 14.7. The van der Waals surface area contributed by atoms with Crippen LogP contribution >= 0.6 is 23.2 Å². The largest absolute Gasteiger partial charge is 0.341 e. The third-order valence-electron chi connectivity index (χ3n) is 3.92. The smallest absolute Gasteiger partial charge is 0.222 e. The van der Waals surface area contributed by atoms with Gasteiger partial charge in [-0.15, -0.1) is 0 Å². The quantitative estimate of drug-likeness (QED) is 0.580. The van der Waals surface area contributed by atoms with Crippen LogP contribution in [-0.2, 0) is 0 Å². The molecule has 3 rings (SSSR count). The first-order valence-electron chi connectivity index (χ1n) is 7.27. The monoisotopic (exact) mass is 362 g/mol. The molecule has 0 amide bonds. The van der Waals surface area contributed by atoms with Crippen LogP contribution in [0.25, 0.3) is 22.2 Å². The summed E-state index contributed by atoms with van der Waals surface area (Å²) in [6, 6.07) is 5.26. The van der Waals surface area contributed by atoms with Gasteiger partial charge < -0.3 is 4.57 Å². The van der Waals surface area contributed by atoms with E-state index in [0.717, 1.165) is 5.69 Å². The average molecular weight is 363 g/mol. The molecule has 0 fully saturated rings. The number of nitriles is 1. The summed E-state index contributed by atoms with van der Waals surface area (Å²) in [5.74, 6) is -0.493. The second-order valence-electron chi connectivity index (χ2n) is 5.72. The molecule has 0 N–H and O–H groups in total. The molecule has 0 aliphatic carbocycles. The molecule has 0 saturated carbocycles. The number of nitrogens with zero attached hydrogens (tertiary/aromatic N) is 4. The number of rotatable bonds is 2. The topological polar surface area (TPSA) is 54.5 Å². The second kappa shape index (κ2) is 6.04. The van der Waals surface area contributed by atoms with E-state index in [1.54, 1.807) is 6.07 Å². The maximum absolute atomic E-state index is 14.8. The van der Waals surface area contributed by atoms with Gasteiger partial charge in [-0.25, -0.2) is 14.4 Å². The Labute approximate surface area is 148 Å². The lowest BCUT2D eigenvalue weighted by Crippen LogP contribution is -2.03. The summed E-state index contributed by atoms with van der Waals surface area (Å²) in [6.07, 6.45) is 1.38. The van der Waals surface area contributed by atoms with Crippen molar-refractivity contribution < 1.29 is 4.39 Å². The van der Waals surface area contributed by atoms with Crippen molar-refractivity contribution in [2.45, 2.75) is 26.8 Å². The summed E-state index contributed by atoms with van der Waals surface area (Å²) in [5.41, 5.74) is 2.53. The van der Waals surface area contributed by atoms with E-state index in [0.29, 0.717) is 27.7 Å². The van der Waals surface area contributed by atoms with Crippen molar-refractivity contribution >= 4 is 34.1 Å². The Balaban J connectivity index is 2.41. The Hall–Kier alpha value is -2.16. The molecule has 0 radical (unpaired) electrons. The van der Waals surface area contributed by atoms with Gasteiger partial charge >= 0.3 is 0 Å². The molecule has 0 saturated heterocycles. The molecule has 0 bridgehead atoms. The summed E-state index contributed by atoms with van der Waals surface area (Å²) in [5, 5.41) is 10.0. The van der Waals surface area contributed by atoms with Crippen molar-refractivity contribution in [3.8, 4) is 17.3 Å². The van der Waals surface area contributed by atoms with Gasteiger partial charge in [-0.1, -0.05) is 11.6 Å². The number of halogens is 3. The minimum atomic E-state index is -0.493. The minimum absolute atomic E-state index is 0.0306. The summed E-state index contributed by atoms with van der Waals surface area (Å²) < 4.78 is 16.7. The highest BCUT2D eigenvalue weighted by Crippen LogP contribution is 2.35. The van der Waals surface area contributed by atoms with Crippen molar-refractivity contribution in [3.05, 3.63) is 45.7 Å². The van der Waals surface area contributed by atoms with Gasteiger partial charge in [-0.3, -0.25) is 0 Å². The summed E-state index contributed by atoms with van der Waals surface area (Å²) in [4.78, 5) is 7.90. The van der Waals surface area contributed by atoms with Crippen LogP contribution in [-0.4, -0.2) is 14.5 Å². The van der Waals surface area contributed by atoms with E-state index in [1.807, 2.05) is 25.3 Å². The molecule has 0 aliphatic rings. The fourth-order valence-corrected chi connectivity index (χ4v) is 3.33. The predicted octanol–water partition coefficient (Wildman–Crippen LogP) is 5.31. The van der Waals surface area contributed by atoms with E-state index in [9.17, 15) is 9.65 Å². The van der Waals surface area contributed by atoms with Crippen molar-refractivity contribution in [2.24, 2.45) is 0 Å². The maximum atomic E-state index is 14.8. The van der Waals surface area contributed by atoms with Crippen LogP contribution in [0.2, 0.25) is 10.3 Å². The molecule has 7 heteroatoms. The zero-order valence-electron chi connectivity index (χ0n) is 13.2. The van der Waals surface area contributed by atoms with Gasteiger partial charge in [-0.05, 0) is 44.5 Å². The highest BCUT2D eigenvalue weighted by molar-refractivity contribution is 6.33. The molecular formula is C17H13Cl2FN4. The van der Waals surface area contributed by atoms with Crippen LogP contribution in [0, 0.1) is 24.1 Å². The van der Waals surface area contributed by atoms with Crippen molar-refractivity contribution in [2.75, 3.05) is 0 Å². The van der Waals surface area contributed by atoms with Crippen molar-refractivity contribution in [3.63, 3.8) is 0 Å². The number of aromatic nitrogens is 3. The Kier molecular flexibility index (Phi) is 4.20. The van der Waals surface area contributed by atoms with Gasteiger partial charge in [-0.2, -0.15) is 5.26 Å². The fraction of sp³-hybridized carbons (Fsp3) is 0.235.